The minimum absolute atomic E-state index is 0.0205. The van der Waals surface area contributed by atoms with E-state index in [1.165, 1.54) is 12.8 Å². The zero-order valence-electron chi connectivity index (χ0n) is 12.1. The molecule has 0 aromatic rings. The summed E-state index contributed by atoms with van der Waals surface area (Å²) < 4.78 is 5.94. The first-order chi connectivity index (χ1) is 8.92. The van der Waals surface area contributed by atoms with Crippen molar-refractivity contribution in [2.75, 3.05) is 6.61 Å². The summed E-state index contributed by atoms with van der Waals surface area (Å²) >= 11 is 0. The molecule has 0 atom stereocenters. The Balaban J connectivity index is 2.02. The zero-order valence-corrected chi connectivity index (χ0v) is 12.1. The van der Waals surface area contributed by atoms with Gasteiger partial charge in [-0.1, -0.05) is 12.8 Å². The van der Waals surface area contributed by atoms with Gasteiger partial charge in [0, 0.05) is 18.6 Å². The van der Waals surface area contributed by atoms with Crippen molar-refractivity contribution < 1.29 is 14.4 Å². The number of hydrogen-bond acceptors (Lipinski definition) is 4. The van der Waals surface area contributed by atoms with E-state index in [0.29, 0.717) is 13.0 Å². The molecule has 1 saturated carbocycles. The molecule has 19 heavy (non-hydrogen) atoms. The van der Waals surface area contributed by atoms with E-state index in [9.17, 15) is 4.79 Å². The smallest absolute Gasteiger partial charge is 0.256 e. The Morgan fingerprint density at radius 3 is 2.63 bits per heavy atom. The number of hydrazone groups is 1. The first-order valence-electron chi connectivity index (χ1n) is 7.06. The maximum Gasteiger partial charge on any atom is 0.256 e. The largest absolute Gasteiger partial charge is 0.374 e. The summed E-state index contributed by atoms with van der Waals surface area (Å²) in [7, 11) is 0. The van der Waals surface area contributed by atoms with Crippen LogP contribution >= 0.6 is 0 Å². The molecule has 1 heterocycles. The minimum Gasteiger partial charge on any atom is -0.374 e. The molecule has 1 aliphatic heterocycles. The summed E-state index contributed by atoms with van der Waals surface area (Å²) in [6.45, 7) is 6.38. The summed E-state index contributed by atoms with van der Waals surface area (Å²) in [5.74, 6) is 0. The van der Waals surface area contributed by atoms with Crippen LogP contribution in [0.4, 0.5) is 0 Å². The fourth-order valence-electron chi connectivity index (χ4n) is 2.81. The number of nitrogens with zero attached hydrogens (tertiary/aromatic N) is 2. The summed E-state index contributed by atoms with van der Waals surface area (Å²) in [5, 5.41) is 5.40. The molecule has 2 rings (SSSR count). The highest BCUT2D eigenvalue weighted by atomic mass is 16.7. The molecule has 0 aromatic carbocycles. The van der Waals surface area contributed by atoms with Crippen molar-refractivity contribution in [3.8, 4) is 0 Å². The Morgan fingerprint density at radius 2 is 2.05 bits per heavy atom. The number of rotatable bonds is 3. The molecule has 5 heteroatoms. The third-order valence-electron chi connectivity index (χ3n) is 3.54. The summed E-state index contributed by atoms with van der Waals surface area (Å²) in [5.41, 5.74) is 0.554. The van der Waals surface area contributed by atoms with E-state index in [2.05, 4.69) is 5.10 Å². The lowest BCUT2D eigenvalue weighted by Gasteiger charge is -2.34. The van der Waals surface area contributed by atoms with E-state index < -0.39 is 5.60 Å². The number of carbonyl (C=O) groups excluding carboxylic acids is 1. The van der Waals surface area contributed by atoms with Crippen LogP contribution in [0.3, 0.4) is 0 Å². The van der Waals surface area contributed by atoms with E-state index >= 15 is 0 Å². The lowest BCUT2D eigenvalue weighted by atomic mass is 9.91. The molecule has 5 nitrogen and oxygen atoms in total. The molecule has 2 fully saturated rings. The van der Waals surface area contributed by atoms with E-state index in [1.54, 1.807) is 0 Å². The van der Waals surface area contributed by atoms with Crippen molar-refractivity contribution in [1.29, 1.82) is 0 Å². The highest BCUT2D eigenvalue weighted by Gasteiger charge is 2.38. The molecule has 1 aliphatic carbocycles. The molecule has 0 unspecified atom stereocenters. The quantitative estimate of drug-likeness (QED) is 0.584. The lowest BCUT2D eigenvalue weighted by molar-refractivity contribution is -0.216. The van der Waals surface area contributed by atoms with Crippen LogP contribution in [0.5, 0.6) is 0 Å². The fourth-order valence-corrected chi connectivity index (χ4v) is 2.81. The lowest BCUT2D eigenvalue weighted by Crippen LogP contribution is -2.39. The van der Waals surface area contributed by atoms with E-state index in [4.69, 9.17) is 9.57 Å². The average Bonchev–Trinajstić information content (AvgIpc) is 2.74. The molecule has 0 bridgehead atoms. The van der Waals surface area contributed by atoms with Crippen LogP contribution < -0.4 is 0 Å². The van der Waals surface area contributed by atoms with E-state index in [-0.39, 0.29) is 5.60 Å². The zero-order chi connectivity index (χ0) is 13.9. The molecule has 0 radical (unpaired) electrons. The minimum atomic E-state index is -0.429. The Hall–Kier alpha value is -0.940. The van der Waals surface area contributed by atoms with Crippen molar-refractivity contribution in [1.82, 2.24) is 5.17 Å². The second kappa shape index (κ2) is 5.59. The topological polar surface area (TPSA) is 51.1 Å². The number of hydrogen-bond donors (Lipinski definition) is 0. The van der Waals surface area contributed by atoms with Gasteiger partial charge >= 0.3 is 0 Å². The summed E-state index contributed by atoms with van der Waals surface area (Å²) in [6.07, 6.45) is 6.88. The van der Waals surface area contributed by atoms with Crippen LogP contribution in [0, 0.1) is 0 Å². The molecule has 0 aromatic heterocycles. The van der Waals surface area contributed by atoms with E-state index in [0.717, 1.165) is 36.6 Å². The van der Waals surface area contributed by atoms with Gasteiger partial charge in [0.25, 0.3) is 6.41 Å². The Labute approximate surface area is 114 Å². The SMILES string of the molecule is CC(C)(C)ON(C=O)/N=C1/CCOC2(CCCC2)C1. The van der Waals surface area contributed by atoms with Crippen LogP contribution in [0.25, 0.3) is 0 Å². The standard InChI is InChI=1S/C14H24N2O3/c1-13(2,3)19-16(11-17)15-12-6-9-18-14(10-12)7-4-5-8-14/h11H,4-10H2,1-3H3/b15-12-. The third-order valence-corrected chi connectivity index (χ3v) is 3.54. The van der Waals surface area contributed by atoms with Crippen molar-refractivity contribution in [2.45, 2.75) is 70.5 Å². The van der Waals surface area contributed by atoms with Gasteiger partial charge in [0.2, 0.25) is 0 Å². The van der Waals surface area contributed by atoms with Gasteiger partial charge in [-0.05, 0) is 33.6 Å². The van der Waals surface area contributed by atoms with Gasteiger partial charge in [0.05, 0.1) is 17.8 Å². The highest BCUT2D eigenvalue weighted by molar-refractivity contribution is 5.86. The summed E-state index contributed by atoms with van der Waals surface area (Å²) in [6, 6.07) is 0. The van der Waals surface area contributed by atoms with Gasteiger partial charge in [-0.25, -0.2) is 4.84 Å². The Morgan fingerprint density at radius 1 is 1.37 bits per heavy atom. The Kier molecular flexibility index (Phi) is 4.26. The van der Waals surface area contributed by atoms with Crippen molar-refractivity contribution in [2.24, 2.45) is 5.10 Å². The van der Waals surface area contributed by atoms with Crippen molar-refractivity contribution >= 4 is 12.1 Å². The van der Waals surface area contributed by atoms with Gasteiger partial charge in [0.15, 0.2) is 0 Å². The molecule has 1 saturated heterocycles. The van der Waals surface area contributed by atoms with Gasteiger partial charge < -0.3 is 4.74 Å². The molecular formula is C14H24N2O3. The van der Waals surface area contributed by atoms with E-state index in [1.807, 2.05) is 20.8 Å². The van der Waals surface area contributed by atoms with Crippen LogP contribution in [0.15, 0.2) is 5.10 Å². The molecule has 1 amide bonds. The van der Waals surface area contributed by atoms with Crippen LogP contribution in [-0.2, 0) is 14.4 Å². The second-order valence-corrected chi connectivity index (χ2v) is 6.44. The average molecular weight is 268 g/mol. The number of carbonyl (C=O) groups is 1. The van der Waals surface area contributed by atoms with Crippen molar-refractivity contribution in [3.05, 3.63) is 0 Å². The normalized spacial score (nSPS) is 24.9. The predicted molar refractivity (Wildman–Crippen MR) is 72.6 cm³/mol. The Bertz CT molecular complexity index is 354. The number of amides is 1. The molecular weight excluding hydrogens is 244 g/mol. The molecule has 1 spiro atoms. The van der Waals surface area contributed by atoms with Gasteiger partial charge in [-0.2, -0.15) is 5.10 Å². The highest BCUT2D eigenvalue weighted by Crippen LogP contribution is 2.39. The monoisotopic (exact) mass is 268 g/mol. The first-order valence-corrected chi connectivity index (χ1v) is 7.06. The van der Waals surface area contributed by atoms with Gasteiger partial charge in [0.1, 0.15) is 0 Å². The maximum atomic E-state index is 11.0. The number of hydroxylamine groups is 1. The van der Waals surface area contributed by atoms with Crippen LogP contribution in [-0.4, -0.2) is 35.1 Å². The molecule has 0 N–H and O–H groups in total. The fraction of sp³-hybridized carbons (Fsp3) is 0.857. The van der Waals surface area contributed by atoms with Gasteiger partial charge in [-0.15, -0.1) is 5.17 Å². The predicted octanol–water partition coefficient (Wildman–Crippen LogP) is 2.65. The first kappa shape index (κ1) is 14.5. The van der Waals surface area contributed by atoms with Crippen LogP contribution in [0.2, 0.25) is 0 Å². The second-order valence-electron chi connectivity index (χ2n) is 6.44. The summed E-state index contributed by atoms with van der Waals surface area (Å²) in [4.78, 5) is 16.5. The third kappa shape index (κ3) is 4.01. The van der Waals surface area contributed by atoms with Gasteiger partial charge in [-0.3, -0.25) is 4.79 Å². The van der Waals surface area contributed by atoms with Crippen molar-refractivity contribution in [3.63, 3.8) is 0 Å². The number of ether oxygens (including phenoxy) is 1. The molecule has 108 valence electrons. The molecule has 2 aliphatic rings. The van der Waals surface area contributed by atoms with Crippen LogP contribution in [0.1, 0.15) is 59.3 Å². The maximum absolute atomic E-state index is 11.0.